The lowest BCUT2D eigenvalue weighted by Gasteiger charge is -2.28. The number of hydrogen-bond acceptors (Lipinski definition) is 3. The molecule has 1 aliphatic heterocycles. The molecule has 0 saturated heterocycles. The third-order valence-electron chi connectivity index (χ3n) is 3.22. The highest BCUT2D eigenvalue weighted by Crippen LogP contribution is 2.24. The van der Waals surface area contributed by atoms with Crippen molar-refractivity contribution >= 4 is 16.0 Å². The molecule has 1 heterocycles. The predicted octanol–water partition coefficient (Wildman–Crippen LogP) is 1.09. The van der Waals surface area contributed by atoms with Crippen LogP contribution in [0.25, 0.3) is 0 Å². The summed E-state index contributed by atoms with van der Waals surface area (Å²) in [6.07, 6.45) is 0.455. The summed E-state index contributed by atoms with van der Waals surface area (Å²) in [5.74, 6) is -0.889. The van der Waals surface area contributed by atoms with Gasteiger partial charge in [0.2, 0.25) is 10.0 Å². The molecule has 0 unspecified atom stereocenters. The van der Waals surface area contributed by atoms with E-state index in [4.69, 9.17) is 5.11 Å². The molecule has 0 radical (unpaired) electrons. The third-order valence-corrected chi connectivity index (χ3v) is 5.05. The van der Waals surface area contributed by atoms with E-state index in [2.05, 4.69) is 0 Å². The standard InChI is InChI=1S/C12H15NO4S/c1-2-18(16,17)13-7-6-10-9(8-13)4-3-5-11(10)12(14)15/h3-5H,2,6-8H2,1H3,(H,14,15). The van der Waals surface area contributed by atoms with E-state index in [0.717, 1.165) is 11.1 Å². The highest BCUT2D eigenvalue weighted by Gasteiger charge is 2.27. The first-order chi connectivity index (χ1) is 8.45. The van der Waals surface area contributed by atoms with Crippen LogP contribution < -0.4 is 0 Å². The van der Waals surface area contributed by atoms with Crippen molar-refractivity contribution in [3.05, 3.63) is 34.9 Å². The van der Waals surface area contributed by atoms with E-state index >= 15 is 0 Å². The lowest BCUT2D eigenvalue weighted by molar-refractivity contribution is 0.0695. The highest BCUT2D eigenvalue weighted by molar-refractivity contribution is 7.89. The van der Waals surface area contributed by atoms with E-state index in [0.29, 0.717) is 13.0 Å². The quantitative estimate of drug-likeness (QED) is 0.891. The van der Waals surface area contributed by atoms with Gasteiger partial charge in [0, 0.05) is 13.1 Å². The summed E-state index contributed by atoms with van der Waals surface area (Å²) in [5.41, 5.74) is 1.83. The molecule has 0 fully saturated rings. The minimum Gasteiger partial charge on any atom is -0.478 e. The van der Waals surface area contributed by atoms with Gasteiger partial charge in [-0.1, -0.05) is 12.1 Å². The maximum atomic E-state index is 11.8. The number of rotatable bonds is 3. The van der Waals surface area contributed by atoms with Gasteiger partial charge in [-0.3, -0.25) is 0 Å². The second-order valence-corrected chi connectivity index (χ2v) is 6.49. The van der Waals surface area contributed by atoms with Crippen LogP contribution in [-0.2, 0) is 23.0 Å². The number of benzene rings is 1. The van der Waals surface area contributed by atoms with Gasteiger partial charge in [0.15, 0.2) is 0 Å². The molecule has 0 atom stereocenters. The van der Waals surface area contributed by atoms with E-state index in [1.54, 1.807) is 25.1 Å². The monoisotopic (exact) mass is 269 g/mol. The molecule has 0 spiro atoms. The van der Waals surface area contributed by atoms with Gasteiger partial charge in [-0.05, 0) is 30.5 Å². The van der Waals surface area contributed by atoms with Crippen LogP contribution in [0, 0.1) is 0 Å². The number of sulfonamides is 1. The first-order valence-electron chi connectivity index (χ1n) is 5.77. The van der Waals surface area contributed by atoms with Crippen molar-refractivity contribution < 1.29 is 18.3 Å². The Hall–Kier alpha value is -1.40. The van der Waals surface area contributed by atoms with Crippen LogP contribution in [0.1, 0.15) is 28.4 Å². The van der Waals surface area contributed by atoms with Crippen LogP contribution in [-0.4, -0.2) is 36.1 Å². The van der Waals surface area contributed by atoms with E-state index in [9.17, 15) is 13.2 Å². The zero-order valence-electron chi connectivity index (χ0n) is 10.1. The zero-order chi connectivity index (χ0) is 13.3. The maximum absolute atomic E-state index is 11.8. The Morgan fingerprint density at radius 1 is 1.44 bits per heavy atom. The van der Waals surface area contributed by atoms with Crippen molar-refractivity contribution in [1.29, 1.82) is 0 Å². The fourth-order valence-electron chi connectivity index (χ4n) is 2.20. The minimum atomic E-state index is -3.21. The van der Waals surface area contributed by atoms with E-state index < -0.39 is 16.0 Å². The second kappa shape index (κ2) is 4.70. The van der Waals surface area contributed by atoms with Crippen LogP contribution in [0.3, 0.4) is 0 Å². The molecular weight excluding hydrogens is 254 g/mol. The second-order valence-electron chi connectivity index (χ2n) is 4.23. The molecule has 1 aromatic carbocycles. The van der Waals surface area contributed by atoms with Crippen molar-refractivity contribution in [1.82, 2.24) is 4.31 Å². The Balaban J connectivity index is 2.37. The predicted molar refractivity (Wildman–Crippen MR) is 67.0 cm³/mol. The van der Waals surface area contributed by atoms with E-state index in [1.165, 1.54) is 4.31 Å². The number of fused-ring (bicyclic) bond motifs is 1. The molecule has 1 N–H and O–H groups in total. The number of carboxylic acids is 1. The van der Waals surface area contributed by atoms with Gasteiger partial charge in [-0.2, -0.15) is 4.31 Å². The molecule has 0 aromatic heterocycles. The summed E-state index contributed by atoms with van der Waals surface area (Å²) in [7, 11) is -3.21. The van der Waals surface area contributed by atoms with Crippen LogP contribution in [0.5, 0.6) is 0 Å². The number of carbonyl (C=O) groups is 1. The van der Waals surface area contributed by atoms with Crippen molar-refractivity contribution in [2.75, 3.05) is 12.3 Å². The van der Waals surface area contributed by atoms with Crippen molar-refractivity contribution in [2.24, 2.45) is 0 Å². The Kier molecular flexibility index (Phi) is 3.41. The average Bonchev–Trinajstić information content (AvgIpc) is 2.37. The number of aromatic carboxylic acids is 1. The van der Waals surface area contributed by atoms with Crippen molar-refractivity contribution in [3.63, 3.8) is 0 Å². The van der Waals surface area contributed by atoms with Gasteiger partial charge in [0.25, 0.3) is 0 Å². The first kappa shape index (κ1) is 13.0. The van der Waals surface area contributed by atoms with Crippen LogP contribution in [0.15, 0.2) is 18.2 Å². The van der Waals surface area contributed by atoms with Gasteiger partial charge in [-0.15, -0.1) is 0 Å². The summed E-state index contributed by atoms with van der Waals surface area (Å²) >= 11 is 0. The van der Waals surface area contributed by atoms with Gasteiger partial charge in [-0.25, -0.2) is 13.2 Å². The Morgan fingerprint density at radius 2 is 2.17 bits per heavy atom. The summed E-state index contributed by atoms with van der Waals surface area (Å²) in [6, 6.07) is 5.01. The molecule has 18 heavy (non-hydrogen) atoms. The van der Waals surface area contributed by atoms with Gasteiger partial charge in [0.05, 0.1) is 11.3 Å². The third kappa shape index (κ3) is 2.26. The molecule has 6 heteroatoms. The Bertz CT molecular complexity index is 580. The number of hydrogen-bond donors (Lipinski definition) is 1. The molecule has 0 saturated carbocycles. The van der Waals surface area contributed by atoms with Crippen molar-refractivity contribution in [3.8, 4) is 0 Å². The summed E-state index contributed by atoms with van der Waals surface area (Å²) in [5, 5.41) is 9.08. The largest absolute Gasteiger partial charge is 0.478 e. The smallest absolute Gasteiger partial charge is 0.335 e. The fourth-order valence-corrected chi connectivity index (χ4v) is 3.27. The summed E-state index contributed by atoms with van der Waals surface area (Å²) in [4.78, 5) is 11.1. The van der Waals surface area contributed by atoms with E-state index in [1.807, 2.05) is 0 Å². The molecule has 0 amide bonds. The SMILES string of the molecule is CCS(=O)(=O)N1CCc2c(cccc2C(=O)O)C1. The van der Waals surface area contributed by atoms with Gasteiger partial charge < -0.3 is 5.11 Å². The zero-order valence-corrected chi connectivity index (χ0v) is 10.9. The highest BCUT2D eigenvalue weighted by atomic mass is 32.2. The molecule has 0 bridgehead atoms. The Labute approximate surface area is 106 Å². The molecule has 98 valence electrons. The first-order valence-corrected chi connectivity index (χ1v) is 7.38. The normalized spacial score (nSPS) is 16.3. The van der Waals surface area contributed by atoms with Gasteiger partial charge in [0.1, 0.15) is 0 Å². The molecule has 2 rings (SSSR count). The lowest BCUT2D eigenvalue weighted by atomic mass is 9.95. The topological polar surface area (TPSA) is 74.7 Å². The molecule has 1 aliphatic rings. The lowest BCUT2D eigenvalue weighted by Crippen LogP contribution is -2.37. The van der Waals surface area contributed by atoms with Crippen LogP contribution >= 0.6 is 0 Å². The maximum Gasteiger partial charge on any atom is 0.335 e. The molecule has 5 nitrogen and oxygen atoms in total. The van der Waals surface area contributed by atoms with Crippen molar-refractivity contribution in [2.45, 2.75) is 19.9 Å². The summed E-state index contributed by atoms with van der Waals surface area (Å²) < 4.78 is 25.0. The fraction of sp³-hybridized carbons (Fsp3) is 0.417. The number of carboxylic acid groups (broad SMARTS) is 1. The van der Waals surface area contributed by atoms with E-state index in [-0.39, 0.29) is 17.9 Å². The van der Waals surface area contributed by atoms with Crippen LogP contribution in [0.2, 0.25) is 0 Å². The average molecular weight is 269 g/mol. The molecule has 0 aliphatic carbocycles. The summed E-state index contributed by atoms with van der Waals surface area (Å²) in [6.45, 7) is 2.23. The minimum absolute atomic E-state index is 0.0704. The Morgan fingerprint density at radius 3 is 2.78 bits per heavy atom. The van der Waals surface area contributed by atoms with Gasteiger partial charge >= 0.3 is 5.97 Å². The molecular formula is C12H15NO4S. The molecule has 1 aromatic rings. The van der Waals surface area contributed by atoms with Crippen LogP contribution in [0.4, 0.5) is 0 Å². The number of nitrogens with zero attached hydrogens (tertiary/aromatic N) is 1.